The highest BCUT2D eigenvalue weighted by atomic mass is 16.5. The highest BCUT2D eigenvalue weighted by Crippen LogP contribution is 2.38. The van der Waals surface area contributed by atoms with Crippen LogP contribution >= 0.6 is 0 Å². The molecule has 0 saturated heterocycles. The van der Waals surface area contributed by atoms with Gasteiger partial charge in [-0.05, 0) is 37.7 Å². The van der Waals surface area contributed by atoms with Gasteiger partial charge in [0, 0.05) is 0 Å². The fraction of sp³-hybridized carbons (Fsp3) is 0.562. The lowest BCUT2D eigenvalue weighted by molar-refractivity contribution is -0.146. The number of ether oxygens (including phenoxy) is 1. The average Bonchev–Trinajstić information content (AvgIpc) is 2.96. The minimum absolute atomic E-state index is 0.0665. The second kappa shape index (κ2) is 8.17. The zero-order valence-electron chi connectivity index (χ0n) is 11.9. The van der Waals surface area contributed by atoms with Crippen molar-refractivity contribution in [2.75, 3.05) is 6.61 Å². The zero-order valence-corrected chi connectivity index (χ0v) is 11.9. The molecule has 4 nitrogen and oxygen atoms in total. The third kappa shape index (κ3) is 3.71. The Balaban J connectivity index is 3.21. The molecule has 0 aliphatic heterocycles. The number of hydrogen-bond donors (Lipinski definition) is 0. The summed E-state index contributed by atoms with van der Waals surface area (Å²) in [6.07, 6.45) is 6.04. The first-order valence-electron chi connectivity index (χ1n) is 7.01. The molecule has 1 atom stereocenters. The fourth-order valence-corrected chi connectivity index (χ4v) is 2.81. The number of allylic oxidation sites excluding steroid dienone is 2. The van der Waals surface area contributed by atoms with Gasteiger partial charge in [-0.15, -0.1) is 6.58 Å². The molecule has 0 amide bonds. The molecular weight excluding hydrogens is 252 g/mol. The van der Waals surface area contributed by atoms with Crippen molar-refractivity contribution in [2.45, 2.75) is 39.0 Å². The van der Waals surface area contributed by atoms with Gasteiger partial charge in [-0.25, -0.2) is 0 Å². The summed E-state index contributed by atoms with van der Waals surface area (Å²) in [7, 11) is 0. The Labute approximate surface area is 120 Å². The summed E-state index contributed by atoms with van der Waals surface area (Å²) in [4.78, 5) is 12.1. The summed E-state index contributed by atoms with van der Waals surface area (Å²) >= 11 is 0. The van der Waals surface area contributed by atoms with Crippen LogP contribution < -0.4 is 0 Å². The first kappa shape index (κ1) is 16.0. The lowest BCUT2D eigenvalue weighted by Crippen LogP contribution is -2.24. The van der Waals surface area contributed by atoms with Crippen LogP contribution in [-0.4, -0.2) is 12.6 Å². The third-order valence-electron chi connectivity index (χ3n) is 3.66. The van der Waals surface area contributed by atoms with E-state index in [4.69, 9.17) is 4.74 Å². The van der Waals surface area contributed by atoms with Crippen molar-refractivity contribution in [3.8, 4) is 12.1 Å². The van der Waals surface area contributed by atoms with E-state index < -0.39 is 5.92 Å². The molecule has 0 N–H and O–H groups in total. The molecule has 1 unspecified atom stereocenters. The van der Waals surface area contributed by atoms with Crippen LogP contribution in [0.5, 0.6) is 0 Å². The predicted octanol–water partition coefficient (Wildman–Crippen LogP) is 3.28. The zero-order chi connectivity index (χ0) is 15.0. The van der Waals surface area contributed by atoms with E-state index in [1.54, 1.807) is 13.0 Å². The van der Waals surface area contributed by atoms with Crippen LogP contribution in [0, 0.1) is 34.5 Å². The molecule has 0 spiro atoms. The largest absolute Gasteiger partial charge is 0.466 e. The number of hydrogen-bond acceptors (Lipinski definition) is 4. The molecule has 106 valence electrons. The van der Waals surface area contributed by atoms with Crippen LogP contribution in [0.25, 0.3) is 0 Å². The van der Waals surface area contributed by atoms with E-state index in [9.17, 15) is 15.3 Å². The summed E-state index contributed by atoms with van der Waals surface area (Å²) in [5.74, 6) is -0.777. The van der Waals surface area contributed by atoms with Gasteiger partial charge in [-0.3, -0.25) is 4.79 Å². The maximum absolute atomic E-state index is 12.1. The highest BCUT2D eigenvalue weighted by molar-refractivity contribution is 5.77. The number of nitriles is 2. The number of nitrogens with zero attached hydrogens (tertiary/aromatic N) is 2. The Morgan fingerprint density at radius 3 is 2.45 bits per heavy atom. The van der Waals surface area contributed by atoms with Crippen LogP contribution in [0.4, 0.5) is 0 Å². The topological polar surface area (TPSA) is 73.9 Å². The maximum atomic E-state index is 12.1. The molecule has 1 saturated carbocycles. The monoisotopic (exact) mass is 272 g/mol. The third-order valence-corrected chi connectivity index (χ3v) is 3.66. The molecule has 1 rings (SSSR count). The molecular formula is C16H20N2O2. The Hall–Kier alpha value is -2.07. The van der Waals surface area contributed by atoms with E-state index in [0.717, 1.165) is 25.7 Å². The van der Waals surface area contributed by atoms with Gasteiger partial charge in [-0.2, -0.15) is 10.5 Å². The summed E-state index contributed by atoms with van der Waals surface area (Å²) in [6, 6.07) is 3.88. The number of carbonyl (C=O) groups excluding carboxylic acids is 1. The van der Waals surface area contributed by atoms with Crippen molar-refractivity contribution in [1.29, 1.82) is 10.5 Å². The summed E-state index contributed by atoms with van der Waals surface area (Å²) < 4.78 is 5.10. The van der Waals surface area contributed by atoms with Crippen LogP contribution in [0.3, 0.4) is 0 Å². The van der Waals surface area contributed by atoms with Gasteiger partial charge in [0.05, 0.1) is 12.5 Å². The summed E-state index contributed by atoms with van der Waals surface area (Å²) in [6.45, 7) is 5.70. The van der Waals surface area contributed by atoms with Crippen molar-refractivity contribution < 1.29 is 9.53 Å². The van der Waals surface area contributed by atoms with Gasteiger partial charge in [0.1, 0.15) is 17.7 Å². The lowest BCUT2D eigenvalue weighted by atomic mass is 9.82. The van der Waals surface area contributed by atoms with Crippen LogP contribution in [0.2, 0.25) is 0 Å². The second-order valence-corrected chi connectivity index (χ2v) is 4.86. The van der Waals surface area contributed by atoms with Crippen LogP contribution in [-0.2, 0) is 9.53 Å². The Bertz CT molecular complexity index is 458. The molecule has 0 aromatic carbocycles. The predicted molar refractivity (Wildman–Crippen MR) is 75.1 cm³/mol. The molecule has 0 aromatic heterocycles. The normalized spacial score (nSPS) is 15.8. The molecule has 0 aromatic rings. The average molecular weight is 272 g/mol. The lowest BCUT2D eigenvalue weighted by Gasteiger charge is -2.22. The van der Waals surface area contributed by atoms with Gasteiger partial charge < -0.3 is 4.74 Å². The van der Waals surface area contributed by atoms with Gasteiger partial charge >= 0.3 is 5.97 Å². The highest BCUT2D eigenvalue weighted by Gasteiger charge is 2.33. The summed E-state index contributed by atoms with van der Waals surface area (Å²) in [5.41, 5.74) is 0.725. The second-order valence-electron chi connectivity index (χ2n) is 4.86. The van der Waals surface area contributed by atoms with E-state index in [-0.39, 0.29) is 17.5 Å². The van der Waals surface area contributed by atoms with E-state index in [1.807, 2.05) is 12.1 Å². The van der Waals surface area contributed by atoms with Crippen molar-refractivity contribution in [1.82, 2.24) is 0 Å². The number of esters is 1. The van der Waals surface area contributed by atoms with Crippen molar-refractivity contribution in [3.05, 3.63) is 23.8 Å². The molecule has 20 heavy (non-hydrogen) atoms. The first-order chi connectivity index (χ1) is 9.69. The van der Waals surface area contributed by atoms with Crippen LogP contribution in [0.1, 0.15) is 39.0 Å². The molecule has 0 heterocycles. The van der Waals surface area contributed by atoms with Gasteiger partial charge in [-0.1, -0.05) is 18.9 Å². The Morgan fingerprint density at radius 2 is 2.00 bits per heavy atom. The van der Waals surface area contributed by atoms with E-state index in [1.165, 1.54) is 0 Å². The molecule has 0 bridgehead atoms. The molecule has 1 aliphatic rings. The first-order valence-corrected chi connectivity index (χ1v) is 7.01. The van der Waals surface area contributed by atoms with E-state index >= 15 is 0 Å². The Kier molecular flexibility index (Phi) is 6.53. The molecule has 1 fully saturated rings. The summed E-state index contributed by atoms with van der Waals surface area (Å²) in [5, 5.41) is 18.4. The van der Waals surface area contributed by atoms with Gasteiger partial charge in [0.2, 0.25) is 0 Å². The van der Waals surface area contributed by atoms with Crippen molar-refractivity contribution in [3.63, 3.8) is 0 Å². The minimum Gasteiger partial charge on any atom is -0.466 e. The SMILES string of the molecule is C=CCC(C(=O)OCC)C(=C(C#N)C#N)C1CCCC1. The minimum atomic E-state index is -0.551. The van der Waals surface area contributed by atoms with Crippen LogP contribution in [0.15, 0.2) is 23.8 Å². The molecule has 1 aliphatic carbocycles. The fourth-order valence-electron chi connectivity index (χ4n) is 2.81. The maximum Gasteiger partial charge on any atom is 0.313 e. The quantitative estimate of drug-likeness (QED) is 0.422. The molecule has 0 radical (unpaired) electrons. The smallest absolute Gasteiger partial charge is 0.313 e. The van der Waals surface area contributed by atoms with E-state index in [0.29, 0.717) is 18.6 Å². The standard InChI is InChI=1S/C16H20N2O2/c1-3-7-14(16(19)20-4-2)15(13(10-17)11-18)12-8-5-6-9-12/h3,12,14H,1,4-9H2,2H3. The van der Waals surface area contributed by atoms with Gasteiger partial charge in [0.25, 0.3) is 0 Å². The molecule has 4 heteroatoms. The van der Waals surface area contributed by atoms with Gasteiger partial charge in [0.15, 0.2) is 0 Å². The van der Waals surface area contributed by atoms with Crippen molar-refractivity contribution in [2.24, 2.45) is 11.8 Å². The van der Waals surface area contributed by atoms with E-state index in [2.05, 4.69) is 6.58 Å². The Morgan fingerprint density at radius 1 is 1.40 bits per heavy atom. The number of carbonyl (C=O) groups is 1. The number of rotatable bonds is 6. The van der Waals surface area contributed by atoms with Crippen molar-refractivity contribution >= 4 is 5.97 Å².